The Labute approximate surface area is 195 Å². The zero-order valence-corrected chi connectivity index (χ0v) is 18.2. The Morgan fingerprint density at radius 3 is 1.88 bits per heavy atom. The molecular weight excluding hydrogens is 444 g/mol. The summed E-state index contributed by atoms with van der Waals surface area (Å²) in [5.41, 5.74) is 0.724. The number of benzene rings is 3. The molecule has 33 heavy (non-hydrogen) atoms. The van der Waals surface area contributed by atoms with Crippen LogP contribution in [0, 0.1) is 16.7 Å². The van der Waals surface area contributed by atoms with E-state index in [0.717, 1.165) is 11.1 Å². The average Bonchev–Trinajstić information content (AvgIpc) is 3.48. The van der Waals surface area contributed by atoms with Crippen LogP contribution < -0.4 is 24.3 Å². The molecule has 8 heteroatoms. The Balaban J connectivity index is 1.48. The minimum Gasteiger partial charge on any atom is -0.454 e. The van der Waals surface area contributed by atoms with E-state index in [9.17, 15) is 10.1 Å². The topological polar surface area (TPSA) is 89.8 Å². The molecule has 0 saturated heterocycles. The van der Waals surface area contributed by atoms with Crippen molar-refractivity contribution in [3.8, 4) is 29.1 Å². The highest BCUT2D eigenvalue weighted by Crippen LogP contribution is 2.38. The molecule has 166 valence electrons. The number of nitrogens with zero attached hydrogens (tertiary/aromatic N) is 1. The van der Waals surface area contributed by atoms with Crippen molar-refractivity contribution in [2.75, 3.05) is 18.9 Å². The molecule has 0 saturated carbocycles. The van der Waals surface area contributed by atoms with Gasteiger partial charge in [0.2, 0.25) is 19.5 Å². The molecule has 0 fully saturated rings. The molecule has 0 aliphatic carbocycles. The molecule has 0 bridgehead atoms. The van der Waals surface area contributed by atoms with Crippen molar-refractivity contribution in [1.82, 2.24) is 0 Å². The molecule has 3 aromatic rings. The molecule has 2 heterocycles. The van der Waals surface area contributed by atoms with Crippen molar-refractivity contribution in [3.63, 3.8) is 0 Å². The summed E-state index contributed by atoms with van der Waals surface area (Å²) in [5, 5.41) is 13.8. The zero-order valence-electron chi connectivity index (χ0n) is 17.5. The van der Waals surface area contributed by atoms with Crippen LogP contribution in [0.5, 0.6) is 23.0 Å². The van der Waals surface area contributed by atoms with E-state index in [1.54, 1.807) is 36.4 Å². The van der Waals surface area contributed by atoms with Crippen molar-refractivity contribution in [3.05, 3.63) is 76.8 Å². The largest absolute Gasteiger partial charge is 0.454 e. The van der Waals surface area contributed by atoms with Crippen molar-refractivity contribution in [2.45, 2.75) is 12.8 Å². The summed E-state index contributed by atoms with van der Waals surface area (Å²) >= 11 is 5.96. The smallest absolute Gasteiger partial charge is 0.245 e. The molecule has 1 amide bonds. The van der Waals surface area contributed by atoms with Crippen molar-refractivity contribution in [1.29, 1.82) is 5.26 Å². The normalized spacial score (nSPS) is 13.5. The van der Waals surface area contributed by atoms with Gasteiger partial charge < -0.3 is 24.3 Å². The number of ether oxygens (including phenoxy) is 4. The maximum atomic E-state index is 13.5. The van der Waals surface area contributed by atoms with Gasteiger partial charge in [0.1, 0.15) is 5.41 Å². The SMILES string of the molecule is N#CC(Cc1ccc2c(c1)OCO2)(Cc1ccc2c(c1)OCO2)C(=O)Nc1ccc(Cl)cc1. The number of nitriles is 1. The van der Waals surface area contributed by atoms with E-state index in [-0.39, 0.29) is 26.4 Å². The van der Waals surface area contributed by atoms with Crippen LogP contribution >= 0.6 is 11.6 Å². The molecule has 0 aromatic heterocycles. The summed E-state index contributed by atoms with van der Waals surface area (Å²) in [5.74, 6) is 2.06. The summed E-state index contributed by atoms with van der Waals surface area (Å²) in [4.78, 5) is 13.5. The van der Waals surface area contributed by atoms with E-state index in [4.69, 9.17) is 30.5 Å². The van der Waals surface area contributed by atoms with Crippen LogP contribution in [0.3, 0.4) is 0 Å². The number of anilines is 1. The number of carbonyl (C=O) groups excluding carboxylic acids is 1. The fourth-order valence-corrected chi connectivity index (χ4v) is 4.06. The van der Waals surface area contributed by atoms with Gasteiger partial charge in [-0.15, -0.1) is 0 Å². The summed E-state index contributed by atoms with van der Waals surface area (Å²) in [7, 11) is 0. The Kier molecular flexibility index (Phi) is 5.45. The number of fused-ring (bicyclic) bond motifs is 2. The number of carbonyl (C=O) groups is 1. The quantitative estimate of drug-likeness (QED) is 0.569. The van der Waals surface area contributed by atoms with Crippen LogP contribution in [0.1, 0.15) is 11.1 Å². The highest BCUT2D eigenvalue weighted by Gasteiger charge is 2.40. The zero-order chi connectivity index (χ0) is 22.8. The van der Waals surface area contributed by atoms with Crippen molar-refractivity contribution < 1.29 is 23.7 Å². The number of hydrogen-bond donors (Lipinski definition) is 1. The molecular formula is C25H19ClN2O5. The average molecular weight is 463 g/mol. The summed E-state index contributed by atoms with van der Waals surface area (Å²) in [6.45, 7) is 0.298. The van der Waals surface area contributed by atoms with E-state index < -0.39 is 11.3 Å². The Hall–Kier alpha value is -3.89. The summed E-state index contributed by atoms with van der Waals surface area (Å²) < 4.78 is 21.7. The lowest BCUT2D eigenvalue weighted by Gasteiger charge is -2.26. The molecule has 0 spiro atoms. The fourth-order valence-electron chi connectivity index (χ4n) is 3.94. The number of hydrogen-bond acceptors (Lipinski definition) is 6. The maximum Gasteiger partial charge on any atom is 0.245 e. The van der Waals surface area contributed by atoms with E-state index in [1.165, 1.54) is 0 Å². The minimum atomic E-state index is -1.40. The Bertz CT molecular complexity index is 1190. The van der Waals surface area contributed by atoms with Gasteiger partial charge in [-0.05, 0) is 59.7 Å². The Morgan fingerprint density at radius 2 is 1.36 bits per heavy atom. The molecule has 0 radical (unpaired) electrons. The van der Waals surface area contributed by atoms with Crippen LogP contribution in [0.25, 0.3) is 0 Å². The van der Waals surface area contributed by atoms with Gasteiger partial charge in [0.15, 0.2) is 23.0 Å². The summed E-state index contributed by atoms with van der Waals surface area (Å²) in [6, 6.07) is 19.9. The summed E-state index contributed by atoms with van der Waals surface area (Å²) in [6.07, 6.45) is 0.349. The predicted octanol–water partition coefficient (Wildman–Crippen LogP) is 4.73. The van der Waals surface area contributed by atoms with Crippen LogP contribution in [0.2, 0.25) is 5.02 Å². The fraction of sp³-hybridized carbons (Fsp3) is 0.200. The minimum absolute atomic E-state index is 0.149. The first kappa shape index (κ1) is 21.0. The first-order valence-electron chi connectivity index (χ1n) is 10.3. The van der Waals surface area contributed by atoms with E-state index in [2.05, 4.69) is 11.4 Å². The third-order valence-corrected chi connectivity index (χ3v) is 5.89. The number of rotatable bonds is 6. The second kappa shape index (κ2) is 8.57. The van der Waals surface area contributed by atoms with Gasteiger partial charge in [0.05, 0.1) is 6.07 Å². The van der Waals surface area contributed by atoms with Gasteiger partial charge in [-0.3, -0.25) is 4.79 Å². The van der Waals surface area contributed by atoms with Crippen LogP contribution in [-0.4, -0.2) is 19.5 Å². The number of nitrogens with one attached hydrogen (secondary N) is 1. The second-order valence-electron chi connectivity index (χ2n) is 7.88. The lowest BCUT2D eigenvalue weighted by molar-refractivity contribution is -0.122. The van der Waals surface area contributed by atoms with Crippen LogP contribution in [0.4, 0.5) is 5.69 Å². The van der Waals surface area contributed by atoms with E-state index in [0.29, 0.717) is 33.7 Å². The third kappa shape index (κ3) is 4.26. The van der Waals surface area contributed by atoms with Crippen molar-refractivity contribution in [2.24, 2.45) is 5.41 Å². The van der Waals surface area contributed by atoms with Gasteiger partial charge in [-0.25, -0.2) is 0 Å². The lowest BCUT2D eigenvalue weighted by Crippen LogP contribution is -2.39. The molecule has 7 nitrogen and oxygen atoms in total. The standard InChI is InChI=1S/C25H19ClN2O5/c26-18-3-5-19(6-4-18)28-24(29)25(13-27,11-16-1-7-20-22(9-16)32-14-30-20)12-17-2-8-21-23(10-17)33-15-31-21/h1-10H,11-12,14-15H2,(H,28,29). The molecule has 1 N–H and O–H groups in total. The van der Waals surface area contributed by atoms with Crippen LogP contribution in [0.15, 0.2) is 60.7 Å². The molecule has 0 unspecified atom stereocenters. The van der Waals surface area contributed by atoms with E-state index in [1.807, 2.05) is 24.3 Å². The lowest BCUT2D eigenvalue weighted by atomic mass is 9.76. The van der Waals surface area contributed by atoms with Gasteiger partial charge >= 0.3 is 0 Å². The second-order valence-corrected chi connectivity index (χ2v) is 8.32. The first-order valence-corrected chi connectivity index (χ1v) is 10.7. The third-order valence-electron chi connectivity index (χ3n) is 5.64. The van der Waals surface area contributed by atoms with Gasteiger partial charge in [0, 0.05) is 23.6 Å². The highest BCUT2D eigenvalue weighted by molar-refractivity contribution is 6.30. The van der Waals surface area contributed by atoms with Gasteiger partial charge in [-0.2, -0.15) is 5.26 Å². The van der Waals surface area contributed by atoms with Crippen molar-refractivity contribution >= 4 is 23.2 Å². The molecule has 3 aromatic carbocycles. The number of halogens is 1. The highest BCUT2D eigenvalue weighted by atomic mass is 35.5. The first-order chi connectivity index (χ1) is 16.0. The van der Waals surface area contributed by atoms with E-state index >= 15 is 0 Å². The molecule has 2 aliphatic rings. The Morgan fingerprint density at radius 1 is 0.848 bits per heavy atom. The number of amides is 1. The molecule has 0 atom stereocenters. The van der Waals surface area contributed by atoms with Gasteiger partial charge in [0.25, 0.3) is 0 Å². The molecule has 5 rings (SSSR count). The maximum absolute atomic E-state index is 13.5. The van der Waals surface area contributed by atoms with Crippen LogP contribution in [-0.2, 0) is 17.6 Å². The van der Waals surface area contributed by atoms with Gasteiger partial charge in [-0.1, -0.05) is 23.7 Å². The predicted molar refractivity (Wildman–Crippen MR) is 121 cm³/mol. The molecule has 2 aliphatic heterocycles. The monoisotopic (exact) mass is 462 g/mol.